The molecule has 0 aromatic carbocycles. The molecular formula is C8H11NO4. The Labute approximate surface area is 75.9 Å². The third kappa shape index (κ3) is 1.80. The van der Waals surface area contributed by atoms with Gasteiger partial charge in [-0.1, -0.05) is 12.2 Å². The van der Waals surface area contributed by atoms with Crippen molar-refractivity contribution in [3.8, 4) is 0 Å². The van der Waals surface area contributed by atoms with Crippen molar-refractivity contribution in [1.29, 1.82) is 0 Å². The number of hydrogen-bond acceptors (Lipinski definition) is 4. The van der Waals surface area contributed by atoms with Gasteiger partial charge in [0.25, 0.3) is 0 Å². The van der Waals surface area contributed by atoms with E-state index in [2.05, 4.69) is 9.47 Å². The summed E-state index contributed by atoms with van der Waals surface area (Å²) in [6, 6.07) is -0.641. The topological polar surface area (TPSA) is 55.8 Å². The molecule has 1 heterocycles. The van der Waals surface area contributed by atoms with Crippen LogP contribution < -0.4 is 0 Å². The van der Waals surface area contributed by atoms with E-state index in [1.165, 1.54) is 19.1 Å². The first-order valence-electron chi connectivity index (χ1n) is 3.79. The van der Waals surface area contributed by atoms with Crippen molar-refractivity contribution in [2.45, 2.75) is 6.04 Å². The van der Waals surface area contributed by atoms with Crippen LogP contribution in [0.5, 0.6) is 0 Å². The summed E-state index contributed by atoms with van der Waals surface area (Å²) >= 11 is 0. The van der Waals surface area contributed by atoms with Gasteiger partial charge < -0.3 is 9.47 Å². The quantitative estimate of drug-likeness (QED) is 0.431. The minimum absolute atomic E-state index is 0.381. The lowest BCUT2D eigenvalue weighted by atomic mass is 10.3. The Morgan fingerprint density at radius 2 is 2.08 bits per heavy atom. The molecule has 5 nitrogen and oxygen atoms in total. The summed E-state index contributed by atoms with van der Waals surface area (Å²) in [6.07, 6.45) is 2.81. The molecule has 13 heavy (non-hydrogen) atoms. The van der Waals surface area contributed by atoms with Gasteiger partial charge in [0.15, 0.2) is 6.04 Å². The van der Waals surface area contributed by atoms with Crippen LogP contribution in [0, 0.1) is 0 Å². The first kappa shape index (κ1) is 9.57. The summed E-state index contributed by atoms with van der Waals surface area (Å²) in [5, 5.41) is 0. The largest absolute Gasteiger partial charge is 0.467 e. The van der Waals surface area contributed by atoms with Gasteiger partial charge in [0.2, 0.25) is 0 Å². The molecular weight excluding hydrogens is 174 g/mol. The Morgan fingerprint density at radius 1 is 1.38 bits per heavy atom. The standard InChI is InChI=1S/C8H11NO4/c1-12-7(10)6-4-3-5-9(6)8(11)13-2/h3-4,6H,5H2,1-2H3. The number of carbonyl (C=O) groups excluding carboxylic acids is 2. The molecule has 0 fully saturated rings. The highest BCUT2D eigenvalue weighted by Gasteiger charge is 2.31. The lowest BCUT2D eigenvalue weighted by Crippen LogP contribution is -2.41. The molecule has 72 valence electrons. The second-order valence-corrected chi connectivity index (χ2v) is 2.52. The van der Waals surface area contributed by atoms with Crippen LogP contribution in [0.4, 0.5) is 4.79 Å². The van der Waals surface area contributed by atoms with E-state index in [1.54, 1.807) is 12.2 Å². The molecule has 1 aliphatic rings. The van der Waals surface area contributed by atoms with Crippen molar-refractivity contribution in [2.75, 3.05) is 20.8 Å². The van der Waals surface area contributed by atoms with Crippen LogP contribution in [-0.2, 0) is 14.3 Å². The molecule has 5 heteroatoms. The van der Waals surface area contributed by atoms with Crippen molar-refractivity contribution in [1.82, 2.24) is 4.90 Å². The van der Waals surface area contributed by atoms with E-state index in [0.29, 0.717) is 6.54 Å². The molecule has 0 N–H and O–H groups in total. The number of methoxy groups -OCH3 is 2. The molecule has 1 unspecified atom stereocenters. The maximum absolute atomic E-state index is 11.1. The van der Waals surface area contributed by atoms with E-state index >= 15 is 0 Å². The minimum atomic E-state index is -0.641. The van der Waals surface area contributed by atoms with Gasteiger partial charge in [-0.05, 0) is 0 Å². The zero-order chi connectivity index (χ0) is 9.84. The molecule has 0 aromatic rings. The second kappa shape index (κ2) is 3.93. The first-order valence-corrected chi connectivity index (χ1v) is 3.79. The number of carbonyl (C=O) groups is 2. The zero-order valence-corrected chi connectivity index (χ0v) is 7.52. The molecule has 0 bridgehead atoms. The lowest BCUT2D eigenvalue weighted by molar-refractivity contribution is -0.144. The number of hydrogen-bond donors (Lipinski definition) is 0. The summed E-state index contributed by atoms with van der Waals surface area (Å²) in [6.45, 7) is 0.381. The number of nitrogens with zero attached hydrogens (tertiary/aromatic N) is 1. The molecule has 0 aliphatic carbocycles. The molecule has 1 rings (SSSR count). The number of esters is 1. The fraction of sp³-hybridized carbons (Fsp3) is 0.500. The third-order valence-electron chi connectivity index (χ3n) is 1.81. The second-order valence-electron chi connectivity index (χ2n) is 2.52. The van der Waals surface area contributed by atoms with Crippen molar-refractivity contribution < 1.29 is 19.1 Å². The van der Waals surface area contributed by atoms with Crippen molar-refractivity contribution in [2.24, 2.45) is 0 Å². The number of amides is 1. The van der Waals surface area contributed by atoms with E-state index in [4.69, 9.17) is 0 Å². The van der Waals surface area contributed by atoms with Crippen LogP contribution in [0.3, 0.4) is 0 Å². The molecule has 0 spiro atoms. The van der Waals surface area contributed by atoms with E-state index < -0.39 is 18.1 Å². The predicted octanol–water partition coefficient (Wildman–Crippen LogP) is 0.166. The van der Waals surface area contributed by atoms with Crippen LogP contribution in [-0.4, -0.2) is 43.8 Å². The molecule has 1 aliphatic heterocycles. The predicted molar refractivity (Wildman–Crippen MR) is 44.1 cm³/mol. The molecule has 0 saturated heterocycles. The maximum atomic E-state index is 11.1. The van der Waals surface area contributed by atoms with Gasteiger partial charge in [0, 0.05) is 6.54 Å². The summed E-state index contributed by atoms with van der Waals surface area (Å²) in [7, 11) is 2.55. The van der Waals surface area contributed by atoms with Crippen LogP contribution in [0.2, 0.25) is 0 Å². The Bertz CT molecular complexity index is 249. The van der Waals surface area contributed by atoms with Crippen LogP contribution in [0.1, 0.15) is 0 Å². The third-order valence-corrected chi connectivity index (χ3v) is 1.81. The fourth-order valence-corrected chi connectivity index (χ4v) is 1.15. The van der Waals surface area contributed by atoms with Crippen LogP contribution >= 0.6 is 0 Å². The Morgan fingerprint density at radius 3 is 2.62 bits per heavy atom. The maximum Gasteiger partial charge on any atom is 0.410 e. The minimum Gasteiger partial charge on any atom is -0.467 e. The van der Waals surface area contributed by atoms with E-state index in [-0.39, 0.29) is 0 Å². The fourth-order valence-electron chi connectivity index (χ4n) is 1.15. The number of rotatable bonds is 1. The molecule has 1 amide bonds. The van der Waals surface area contributed by atoms with E-state index in [9.17, 15) is 9.59 Å². The van der Waals surface area contributed by atoms with Gasteiger partial charge in [-0.3, -0.25) is 4.90 Å². The average Bonchev–Trinajstić information content (AvgIpc) is 2.63. The van der Waals surface area contributed by atoms with Gasteiger partial charge in [0.05, 0.1) is 14.2 Å². The van der Waals surface area contributed by atoms with Crippen molar-refractivity contribution >= 4 is 12.1 Å². The summed E-state index contributed by atoms with van der Waals surface area (Å²) < 4.78 is 9.02. The van der Waals surface area contributed by atoms with Crippen molar-refractivity contribution in [3.63, 3.8) is 0 Å². The normalized spacial score (nSPS) is 20.2. The Hall–Kier alpha value is -1.52. The van der Waals surface area contributed by atoms with Crippen LogP contribution in [0.25, 0.3) is 0 Å². The van der Waals surface area contributed by atoms with Gasteiger partial charge in [-0.15, -0.1) is 0 Å². The smallest absolute Gasteiger partial charge is 0.410 e. The zero-order valence-electron chi connectivity index (χ0n) is 7.52. The highest BCUT2D eigenvalue weighted by molar-refractivity contribution is 5.84. The summed E-state index contributed by atoms with van der Waals surface area (Å²) in [5.74, 6) is -0.459. The van der Waals surface area contributed by atoms with E-state index in [0.717, 1.165) is 0 Å². The number of ether oxygens (including phenoxy) is 2. The van der Waals surface area contributed by atoms with Gasteiger partial charge in [-0.2, -0.15) is 0 Å². The molecule has 0 radical (unpaired) electrons. The Kier molecular flexibility index (Phi) is 2.89. The van der Waals surface area contributed by atoms with Gasteiger partial charge in [-0.25, -0.2) is 9.59 Å². The Balaban J connectivity index is 2.67. The van der Waals surface area contributed by atoms with Gasteiger partial charge >= 0.3 is 12.1 Å². The molecule has 0 saturated carbocycles. The summed E-state index contributed by atoms with van der Waals surface area (Å²) in [5.41, 5.74) is 0. The monoisotopic (exact) mass is 185 g/mol. The molecule has 0 aromatic heterocycles. The van der Waals surface area contributed by atoms with Crippen molar-refractivity contribution in [3.05, 3.63) is 12.2 Å². The van der Waals surface area contributed by atoms with Crippen LogP contribution in [0.15, 0.2) is 12.2 Å². The summed E-state index contributed by atoms with van der Waals surface area (Å²) in [4.78, 5) is 23.5. The average molecular weight is 185 g/mol. The highest BCUT2D eigenvalue weighted by atomic mass is 16.5. The SMILES string of the molecule is COC(=O)C1C=CCN1C(=O)OC. The highest BCUT2D eigenvalue weighted by Crippen LogP contribution is 2.11. The lowest BCUT2D eigenvalue weighted by Gasteiger charge is -2.20. The van der Waals surface area contributed by atoms with Gasteiger partial charge in [0.1, 0.15) is 0 Å². The first-order chi connectivity index (χ1) is 6.20. The molecule has 1 atom stereocenters. The van der Waals surface area contributed by atoms with E-state index in [1.807, 2.05) is 0 Å².